The molecular weight excluding hydrogens is 468 g/mol. The van der Waals surface area contributed by atoms with Crippen LogP contribution in [-0.2, 0) is 4.79 Å². The molecule has 0 radical (unpaired) electrons. The van der Waals surface area contributed by atoms with Gasteiger partial charge in [0.05, 0.1) is 29.4 Å². The number of amides is 2. The number of nitrogens with one attached hydrogen (secondary N) is 2. The molecule has 0 spiro atoms. The van der Waals surface area contributed by atoms with Crippen LogP contribution in [0.25, 0.3) is 10.2 Å². The number of rotatable bonds is 7. The van der Waals surface area contributed by atoms with E-state index in [4.69, 9.17) is 4.74 Å². The maximum Gasteiger partial charge on any atom is 0.266 e. The summed E-state index contributed by atoms with van der Waals surface area (Å²) in [6, 6.07) is 12.3. The lowest BCUT2D eigenvalue weighted by molar-refractivity contribution is -0.119. The van der Waals surface area contributed by atoms with E-state index >= 15 is 0 Å². The molecule has 3 N–H and O–H groups in total. The number of methoxy groups -OCH3 is 1. The summed E-state index contributed by atoms with van der Waals surface area (Å²) in [6.45, 7) is 3.49. The van der Waals surface area contributed by atoms with Crippen LogP contribution in [0.15, 0.2) is 59.7 Å². The van der Waals surface area contributed by atoms with Crippen molar-refractivity contribution in [2.45, 2.75) is 26.3 Å². The predicted molar refractivity (Wildman–Crippen MR) is 136 cm³/mol. The first kappa shape index (κ1) is 24.0. The van der Waals surface area contributed by atoms with Crippen molar-refractivity contribution in [1.29, 1.82) is 0 Å². The van der Waals surface area contributed by atoms with Crippen LogP contribution in [0.3, 0.4) is 0 Å². The van der Waals surface area contributed by atoms with Crippen molar-refractivity contribution in [1.82, 2.24) is 9.55 Å². The van der Waals surface area contributed by atoms with Gasteiger partial charge in [0.25, 0.3) is 11.5 Å². The standard InChI is InChI=1S/C25H24N4O5S/c1-4-18(22(31)27-15-9-11-16(30)12-10-15)29-13-26-24-20(25(29)33)14(2)21(35-24)23(32)28-17-7-5-6-8-19(17)34-3/h5-13,18,30H,4H2,1-3H3,(H,27,31)(H,28,32). The first-order valence-corrected chi connectivity index (χ1v) is 11.7. The molecule has 9 nitrogen and oxygen atoms in total. The summed E-state index contributed by atoms with van der Waals surface area (Å²) in [6.07, 6.45) is 1.69. The van der Waals surface area contributed by atoms with E-state index in [0.29, 0.717) is 44.2 Å². The fraction of sp³-hybridized carbons (Fsp3) is 0.200. The van der Waals surface area contributed by atoms with Crippen molar-refractivity contribution in [2.75, 3.05) is 17.7 Å². The fourth-order valence-electron chi connectivity index (χ4n) is 3.78. The number of aromatic hydroxyl groups is 1. The number of phenolic OH excluding ortho intramolecular Hbond substituents is 1. The number of hydrogen-bond donors (Lipinski definition) is 3. The summed E-state index contributed by atoms with van der Waals surface area (Å²) in [7, 11) is 1.52. The van der Waals surface area contributed by atoms with Crippen LogP contribution in [0.2, 0.25) is 0 Å². The lowest BCUT2D eigenvalue weighted by Gasteiger charge is -2.17. The number of fused-ring (bicyclic) bond motifs is 1. The van der Waals surface area contributed by atoms with Gasteiger partial charge in [-0.2, -0.15) is 0 Å². The molecule has 2 aromatic carbocycles. The van der Waals surface area contributed by atoms with Gasteiger partial charge in [0.15, 0.2) is 0 Å². The van der Waals surface area contributed by atoms with Crippen molar-refractivity contribution in [3.63, 3.8) is 0 Å². The van der Waals surface area contributed by atoms with Crippen LogP contribution in [0, 0.1) is 6.92 Å². The first-order chi connectivity index (χ1) is 16.8. The fourth-order valence-corrected chi connectivity index (χ4v) is 4.82. The number of para-hydroxylation sites is 2. The number of benzene rings is 2. The monoisotopic (exact) mass is 492 g/mol. The van der Waals surface area contributed by atoms with Crippen molar-refractivity contribution < 1.29 is 19.4 Å². The molecule has 2 heterocycles. The lowest BCUT2D eigenvalue weighted by Crippen LogP contribution is -2.33. The van der Waals surface area contributed by atoms with Gasteiger partial charge in [0.2, 0.25) is 5.91 Å². The van der Waals surface area contributed by atoms with E-state index < -0.39 is 11.6 Å². The third-order valence-electron chi connectivity index (χ3n) is 5.60. The second kappa shape index (κ2) is 9.98. The number of aromatic nitrogens is 2. The highest BCUT2D eigenvalue weighted by Crippen LogP contribution is 2.30. The van der Waals surface area contributed by atoms with Crippen LogP contribution in [0.5, 0.6) is 11.5 Å². The van der Waals surface area contributed by atoms with Gasteiger partial charge < -0.3 is 20.5 Å². The second-order valence-electron chi connectivity index (χ2n) is 7.81. The Morgan fingerprint density at radius 2 is 1.86 bits per heavy atom. The minimum Gasteiger partial charge on any atom is -0.508 e. The van der Waals surface area contributed by atoms with Crippen LogP contribution >= 0.6 is 11.3 Å². The Labute approximate surface area is 205 Å². The topological polar surface area (TPSA) is 123 Å². The molecule has 2 amide bonds. The van der Waals surface area contributed by atoms with E-state index in [-0.39, 0.29) is 17.6 Å². The zero-order chi connectivity index (χ0) is 25.1. The molecular formula is C25H24N4O5S. The molecule has 0 aliphatic carbocycles. The van der Waals surface area contributed by atoms with Crippen molar-refractivity contribution >= 4 is 44.7 Å². The van der Waals surface area contributed by atoms with Gasteiger partial charge in [-0.1, -0.05) is 19.1 Å². The molecule has 0 aliphatic heterocycles. The third kappa shape index (κ3) is 4.73. The Morgan fingerprint density at radius 3 is 2.54 bits per heavy atom. The molecule has 0 saturated carbocycles. The van der Waals surface area contributed by atoms with Crippen LogP contribution in [0.4, 0.5) is 11.4 Å². The summed E-state index contributed by atoms with van der Waals surface area (Å²) in [5.74, 6) is -0.161. The average molecular weight is 493 g/mol. The van der Waals surface area contributed by atoms with Gasteiger partial charge in [0.1, 0.15) is 22.4 Å². The van der Waals surface area contributed by atoms with Gasteiger partial charge in [-0.25, -0.2) is 4.98 Å². The highest BCUT2D eigenvalue weighted by molar-refractivity contribution is 7.20. The molecule has 0 saturated heterocycles. The number of hydrogen-bond acceptors (Lipinski definition) is 7. The van der Waals surface area contributed by atoms with Crippen molar-refractivity contribution in [3.8, 4) is 11.5 Å². The minimum atomic E-state index is -0.807. The summed E-state index contributed by atoms with van der Waals surface area (Å²) < 4.78 is 6.58. The van der Waals surface area contributed by atoms with Gasteiger partial charge in [-0.3, -0.25) is 19.0 Å². The molecule has 2 aromatic heterocycles. The summed E-state index contributed by atoms with van der Waals surface area (Å²) >= 11 is 1.12. The molecule has 10 heteroatoms. The average Bonchev–Trinajstić information content (AvgIpc) is 3.20. The largest absolute Gasteiger partial charge is 0.508 e. The molecule has 180 valence electrons. The number of phenols is 1. The Kier molecular flexibility index (Phi) is 6.83. The number of carbonyl (C=O) groups is 2. The Morgan fingerprint density at radius 1 is 1.14 bits per heavy atom. The van der Waals surface area contributed by atoms with Crippen molar-refractivity contribution in [2.24, 2.45) is 0 Å². The number of thiophene rings is 1. The van der Waals surface area contributed by atoms with E-state index in [0.717, 1.165) is 11.3 Å². The molecule has 4 aromatic rings. The number of ether oxygens (including phenoxy) is 1. The zero-order valence-corrected chi connectivity index (χ0v) is 20.2. The predicted octanol–water partition coefficient (Wildman–Crippen LogP) is 4.32. The quantitative estimate of drug-likeness (QED) is 0.330. The van der Waals surface area contributed by atoms with Crippen LogP contribution in [0.1, 0.15) is 34.6 Å². The Bertz CT molecular complexity index is 1460. The van der Waals surface area contributed by atoms with Crippen LogP contribution in [-0.4, -0.2) is 33.6 Å². The Balaban J connectivity index is 1.66. The highest BCUT2D eigenvalue weighted by atomic mass is 32.1. The SMILES string of the molecule is CCC(C(=O)Nc1ccc(O)cc1)n1cnc2sc(C(=O)Nc3ccccc3OC)c(C)c2c1=O. The summed E-state index contributed by atoms with van der Waals surface area (Å²) in [4.78, 5) is 44.5. The normalized spacial score (nSPS) is 11.7. The number of carbonyl (C=O) groups excluding carboxylic acids is 2. The maximum atomic E-state index is 13.4. The molecule has 4 rings (SSSR count). The van der Waals surface area contributed by atoms with E-state index in [9.17, 15) is 19.5 Å². The third-order valence-corrected chi connectivity index (χ3v) is 6.80. The molecule has 1 atom stereocenters. The zero-order valence-electron chi connectivity index (χ0n) is 19.4. The Hall–Kier alpha value is -4.18. The number of anilines is 2. The molecule has 35 heavy (non-hydrogen) atoms. The maximum absolute atomic E-state index is 13.4. The number of nitrogens with zero attached hydrogens (tertiary/aromatic N) is 2. The van der Waals surface area contributed by atoms with Gasteiger partial charge in [0, 0.05) is 5.69 Å². The van der Waals surface area contributed by atoms with Gasteiger partial charge >= 0.3 is 0 Å². The summed E-state index contributed by atoms with van der Waals surface area (Å²) in [5, 5.41) is 15.3. The lowest BCUT2D eigenvalue weighted by atomic mass is 10.1. The van der Waals surface area contributed by atoms with E-state index in [2.05, 4.69) is 15.6 Å². The van der Waals surface area contributed by atoms with Crippen LogP contribution < -0.4 is 20.9 Å². The van der Waals surface area contributed by atoms with Gasteiger partial charge in [-0.05, 0) is 55.3 Å². The van der Waals surface area contributed by atoms with E-state index in [1.807, 2.05) is 0 Å². The smallest absolute Gasteiger partial charge is 0.266 e. The van der Waals surface area contributed by atoms with Crippen molar-refractivity contribution in [3.05, 3.63) is 75.7 Å². The molecule has 0 aliphatic rings. The molecule has 1 unspecified atom stereocenters. The minimum absolute atomic E-state index is 0.0828. The summed E-state index contributed by atoms with van der Waals surface area (Å²) in [5.41, 5.74) is 1.11. The van der Waals surface area contributed by atoms with E-state index in [1.54, 1.807) is 50.2 Å². The van der Waals surface area contributed by atoms with E-state index in [1.165, 1.54) is 30.1 Å². The second-order valence-corrected chi connectivity index (χ2v) is 8.81. The highest BCUT2D eigenvalue weighted by Gasteiger charge is 2.25. The first-order valence-electron chi connectivity index (χ1n) is 10.9. The molecule has 0 bridgehead atoms. The molecule has 0 fully saturated rings. The van der Waals surface area contributed by atoms with Gasteiger partial charge in [-0.15, -0.1) is 11.3 Å². The number of aryl methyl sites for hydroxylation is 1.